The third-order valence-corrected chi connectivity index (χ3v) is 3.35. The number of nitrogens with one attached hydrogen (secondary N) is 1. The predicted octanol–water partition coefficient (Wildman–Crippen LogP) is 1.15. The van der Waals surface area contributed by atoms with Crippen molar-refractivity contribution >= 4 is 17.6 Å². The van der Waals surface area contributed by atoms with Crippen molar-refractivity contribution in [3.63, 3.8) is 0 Å². The van der Waals surface area contributed by atoms with E-state index in [-0.39, 0.29) is 17.2 Å². The lowest BCUT2D eigenvalue weighted by Crippen LogP contribution is -2.26. The smallest absolute Gasteiger partial charge is 0.289 e. The molecular formula is C16H14N4O4. The van der Waals surface area contributed by atoms with Gasteiger partial charge in [-0.1, -0.05) is 0 Å². The minimum atomic E-state index is -0.615. The summed E-state index contributed by atoms with van der Waals surface area (Å²) in [7, 11) is 1.54. The number of benzene rings is 1. The quantitative estimate of drug-likeness (QED) is 0.699. The van der Waals surface area contributed by atoms with Crippen LogP contribution in [-0.4, -0.2) is 31.8 Å². The number of rotatable bonds is 3. The zero-order valence-electron chi connectivity index (χ0n) is 13.0. The van der Waals surface area contributed by atoms with Crippen LogP contribution in [0.25, 0.3) is 17.6 Å². The molecule has 0 saturated carbocycles. The fourth-order valence-electron chi connectivity index (χ4n) is 2.15. The Labute approximate surface area is 135 Å². The van der Waals surface area contributed by atoms with Crippen molar-refractivity contribution < 1.29 is 9.84 Å². The zero-order valence-corrected chi connectivity index (χ0v) is 13.0. The van der Waals surface area contributed by atoms with Crippen molar-refractivity contribution in [1.82, 2.24) is 19.6 Å². The Morgan fingerprint density at radius 1 is 1.25 bits per heavy atom. The number of H-pyrrole nitrogens is 1. The van der Waals surface area contributed by atoms with E-state index in [4.69, 9.17) is 4.74 Å². The summed E-state index contributed by atoms with van der Waals surface area (Å²) < 4.78 is 6.00. The van der Waals surface area contributed by atoms with Crippen LogP contribution in [0.15, 0.2) is 39.9 Å². The average molecular weight is 326 g/mol. The van der Waals surface area contributed by atoms with E-state index in [2.05, 4.69) is 15.1 Å². The van der Waals surface area contributed by atoms with Crippen LogP contribution in [0.4, 0.5) is 0 Å². The first kappa shape index (κ1) is 15.5. The number of ether oxygens (including phenoxy) is 1. The van der Waals surface area contributed by atoms with E-state index >= 15 is 0 Å². The Morgan fingerprint density at radius 3 is 2.62 bits per heavy atom. The topological polar surface area (TPSA) is 110 Å². The van der Waals surface area contributed by atoms with Crippen molar-refractivity contribution in [2.24, 2.45) is 0 Å². The number of hydrogen-bond donors (Lipinski definition) is 2. The van der Waals surface area contributed by atoms with Crippen molar-refractivity contribution in [3.8, 4) is 5.75 Å². The Hall–Kier alpha value is -3.42. The van der Waals surface area contributed by atoms with Crippen LogP contribution < -0.4 is 15.9 Å². The molecule has 0 amide bonds. The van der Waals surface area contributed by atoms with Gasteiger partial charge in [0.25, 0.3) is 16.9 Å². The van der Waals surface area contributed by atoms with Gasteiger partial charge in [-0.3, -0.25) is 14.7 Å². The second-order valence-electron chi connectivity index (χ2n) is 5.07. The van der Waals surface area contributed by atoms with Crippen molar-refractivity contribution in [2.75, 3.05) is 7.11 Å². The molecule has 1 aromatic carbocycles. The molecule has 0 atom stereocenters. The van der Waals surface area contributed by atoms with E-state index in [0.717, 1.165) is 4.52 Å². The standard InChI is InChI=1S/C16H14N4O4/c1-9-7-14(22)20-16(17-9)18-12(15(23)19-20)8-13(21)10-3-5-11(24-2)6-4-10/h3-8,21H,1-2H3,(H,19,23)/b13-8-. The first-order valence-electron chi connectivity index (χ1n) is 7.04. The molecule has 2 aromatic heterocycles. The Balaban J connectivity index is 2.09. The van der Waals surface area contributed by atoms with Gasteiger partial charge in [-0.25, -0.2) is 9.97 Å². The van der Waals surface area contributed by atoms with Crippen molar-refractivity contribution in [2.45, 2.75) is 6.92 Å². The average Bonchev–Trinajstić information content (AvgIpc) is 2.56. The molecule has 0 fully saturated rings. The number of aromatic nitrogens is 4. The summed E-state index contributed by atoms with van der Waals surface area (Å²) in [5, 5.41) is 12.6. The first-order chi connectivity index (χ1) is 11.5. The summed E-state index contributed by atoms with van der Waals surface area (Å²) in [6.07, 6.45) is 1.22. The molecule has 0 aliphatic heterocycles. The maximum atomic E-state index is 12.1. The van der Waals surface area contributed by atoms with Gasteiger partial charge in [0, 0.05) is 23.4 Å². The Kier molecular flexibility index (Phi) is 3.87. The fourth-order valence-corrected chi connectivity index (χ4v) is 2.15. The molecule has 0 spiro atoms. The van der Waals surface area contributed by atoms with E-state index < -0.39 is 11.1 Å². The molecule has 3 rings (SSSR count). The summed E-state index contributed by atoms with van der Waals surface area (Å²) in [6, 6.07) is 7.94. The van der Waals surface area contributed by atoms with Gasteiger partial charge >= 0.3 is 0 Å². The SMILES string of the molecule is COc1ccc(/C(O)=C/c2nc3nc(C)cc(=O)n3[nH]c2=O)cc1. The van der Waals surface area contributed by atoms with Gasteiger partial charge < -0.3 is 9.84 Å². The number of aliphatic hydroxyl groups excluding tert-OH is 1. The predicted molar refractivity (Wildman–Crippen MR) is 88.1 cm³/mol. The lowest BCUT2D eigenvalue weighted by Gasteiger charge is -2.04. The fraction of sp³-hybridized carbons (Fsp3) is 0.125. The van der Waals surface area contributed by atoms with E-state index in [1.165, 1.54) is 12.1 Å². The summed E-state index contributed by atoms with van der Waals surface area (Å²) in [5.41, 5.74) is -0.131. The molecule has 3 aromatic rings. The van der Waals surface area contributed by atoms with Crippen LogP contribution in [0, 0.1) is 6.92 Å². The molecule has 0 bridgehead atoms. The van der Waals surface area contributed by atoms with Gasteiger partial charge in [0.2, 0.25) is 0 Å². The Morgan fingerprint density at radius 2 is 1.96 bits per heavy atom. The molecule has 2 heterocycles. The normalized spacial score (nSPS) is 11.7. The number of fused-ring (bicyclic) bond motifs is 1. The van der Waals surface area contributed by atoms with Crippen LogP contribution in [0.1, 0.15) is 17.0 Å². The van der Waals surface area contributed by atoms with Crippen molar-refractivity contribution in [1.29, 1.82) is 0 Å². The molecule has 0 saturated heterocycles. The second-order valence-corrected chi connectivity index (χ2v) is 5.07. The van der Waals surface area contributed by atoms with Crippen LogP contribution in [0.2, 0.25) is 0 Å². The monoisotopic (exact) mass is 326 g/mol. The largest absolute Gasteiger partial charge is 0.507 e. The highest BCUT2D eigenvalue weighted by Crippen LogP contribution is 2.17. The number of aromatic amines is 1. The third kappa shape index (κ3) is 2.89. The highest BCUT2D eigenvalue weighted by Gasteiger charge is 2.08. The van der Waals surface area contributed by atoms with Gasteiger partial charge in [-0.2, -0.15) is 4.52 Å². The van der Waals surface area contributed by atoms with Crippen LogP contribution >= 0.6 is 0 Å². The molecule has 0 radical (unpaired) electrons. The molecule has 0 aliphatic carbocycles. The van der Waals surface area contributed by atoms with E-state index in [0.29, 0.717) is 17.0 Å². The summed E-state index contributed by atoms with van der Waals surface area (Å²) in [5.74, 6) is 0.552. The minimum Gasteiger partial charge on any atom is -0.507 e. The molecule has 8 nitrogen and oxygen atoms in total. The van der Waals surface area contributed by atoms with Crippen LogP contribution in [0.5, 0.6) is 5.75 Å². The van der Waals surface area contributed by atoms with E-state index in [1.807, 2.05) is 0 Å². The third-order valence-electron chi connectivity index (χ3n) is 3.35. The maximum Gasteiger partial charge on any atom is 0.289 e. The maximum absolute atomic E-state index is 12.1. The molecule has 0 unspecified atom stereocenters. The number of aryl methyl sites for hydroxylation is 1. The molecule has 8 heteroatoms. The molecule has 2 N–H and O–H groups in total. The Bertz CT molecular complexity index is 1050. The lowest BCUT2D eigenvalue weighted by molar-refractivity contribution is 0.414. The first-order valence-corrected chi connectivity index (χ1v) is 7.04. The summed E-state index contributed by atoms with van der Waals surface area (Å²) >= 11 is 0. The zero-order chi connectivity index (χ0) is 17.3. The molecular weight excluding hydrogens is 312 g/mol. The van der Waals surface area contributed by atoms with Crippen LogP contribution in [0.3, 0.4) is 0 Å². The minimum absolute atomic E-state index is 0.0494. The van der Waals surface area contributed by atoms with E-state index in [9.17, 15) is 14.7 Å². The van der Waals surface area contributed by atoms with Gasteiger partial charge in [-0.15, -0.1) is 0 Å². The van der Waals surface area contributed by atoms with Gasteiger partial charge in [0.1, 0.15) is 17.2 Å². The van der Waals surface area contributed by atoms with Gasteiger partial charge in [-0.05, 0) is 31.2 Å². The highest BCUT2D eigenvalue weighted by molar-refractivity contribution is 5.75. The highest BCUT2D eigenvalue weighted by atomic mass is 16.5. The number of hydrogen-bond acceptors (Lipinski definition) is 6. The molecule has 122 valence electrons. The van der Waals surface area contributed by atoms with Gasteiger partial charge in [0.15, 0.2) is 0 Å². The molecule has 0 aliphatic rings. The number of nitrogens with zero attached hydrogens (tertiary/aromatic N) is 3. The molecule has 24 heavy (non-hydrogen) atoms. The van der Waals surface area contributed by atoms with Crippen molar-refractivity contribution in [3.05, 3.63) is 68.0 Å². The lowest BCUT2D eigenvalue weighted by atomic mass is 10.1. The van der Waals surface area contributed by atoms with Crippen LogP contribution in [-0.2, 0) is 0 Å². The second kappa shape index (κ2) is 5.99. The summed E-state index contributed by atoms with van der Waals surface area (Å²) in [6.45, 7) is 1.65. The number of aliphatic hydroxyl groups is 1. The summed E-state index contributed by atoms with van der Waals surface area (Å²) in [4.78, 5) is 32.0. The van der Waals surface area contributed by atoms with Gasteiger partial charge in [0.05, 0.1) is 7.11 Å². The number of methoxy groups -OCH3 is 1. The van der Waals surface area contributed by atoms with E-state index in [1.54, 1.807) is 38.3 Å².